The summed E-state index contributed by atoms with van der Waals surface area (Å²) in [6, 6.07) is 9.29. The number of benzene rings is 1. The normalized spacial score (nSPS) is 18.8. The zero-order valence-corrected chi connectivity index (χ0v) is 26.8. The van der Waals surface area contributed by atoms with Crippen LogP contribution < -0.4 is 20.3 Å². The Bertz CT molecular complexity index is 1860. The fourth-order valence-electron chi connectivity index (χ4n) is 6.64. The number of nitrogens with one attached hydrogen (secondary N) is 2. The van der Waals surface area contributed by atoms with E-state index in [1.165, 1.54) is 30.6 Å². The lowest BCUT2D eigenvalue weighted by molar-refractivity contribution is -0.125. The van der Waals surface area contributed by atoms with Crippen molar-refractivity contribution in [2.45, 2.75) is 77.7 Å². The summed E-state index contributed by atoms with van der Waals surface area (Å²) >= 11 is 1.22. The van der Waals surface area contributed by atoms with Crippen molar-refractivity contribution in [1.29, 1.82) is 5.26 Å². The topological polar surface area (TPSA) is 128 Å². The third-order valence-electron chi connectivity index (χ3n) is 9.25. The summed E-state index contributed by atoms with van der Waals surface area (Å²) in [6.45, 7) is 4.24. The van der Waals surface area contributed by atoms with Gasteiger partial charge in [0.2, 0.25) is 0 Å². The first-order valence-corrected chi connectivity index (χ1v) is 16.9. The van der Waals surface area contributed by atoms with Crippen LogP contribution in [0, 0.1) is 24.2 Å². The number of hydrogen-bond acceptors (Lipinski definition) is 7. The van der Waals surface area contributed by atoms with E-state index in [-0.39, 0.29) is 29.5 Å². The SMILES string of the molecule is CC1=C(NC(=O)c2sc3nccc4c3c2NC(=O)N4c2ccc(OC3CCCCC3)cc2C)CCCN1C(=O)/C(C#N)=C/C1CC1. The minimum Gasteiger partial charge on any atom is -0.490 e. The first-order valence-electron chi connectivity index (χ1n) is 16.1. The van der Waals surface area contributed by atoms with Gasteiger partial charge in [-0.05, 0) is 101 Å². The molecule has 4 amide bonds. The van der Waals surface area contributed by atoms with Gasteiger partial charge in [0.15, 0.2) is 0 Å². The van der Waals surface area contributed by atoms with Crippen molar-refractivity contribution in [3.63, 3.8) is 0 Å². The molecule has 2 saturated carbocycles. The Balaban J connectivity index is 1.16. The first-order chi connectivity index (χ1) is 22.3. The van der Waals surface area contributed by atoms with Crippen LogP contribution in [0.5, 0.6) is 5.75 Å². The molecular formula is C35H36N6O4S. The Labute approximate surface area is 271 Å². The molecule has 0 radical (unpaired) electrons. The maximum absolute atomic E-state index is 13.8. The minimum atomic E-state index is -0.379. The van der Waals surface area contributed by atoms with Crippen LogP contribution in [0.2, 0.25) is 0 Å². The van der Waals surface area contributed by atoms with E-state index in [1.807, 2.05) is 25.1 Å². The van der Waals surface area contributed by atoms with Crippen LogP contribution in [-0.4, -0.2) is 40.4 Å². The molecule has 3 aromatic rings. The molecule has 2 aliphatic heterocycles. The molecule has 236 valence electrons. The van der Waals surface area contributed by atoms with Gasteiger partial charge in [-0.3, -0.25) is 14.5 Å². The molecule has 0 bridgehead atoms. The number of carbonyl (C=O) groups excluding carboxylic acids is 3. The highest BCUT2D eigenvalue weighted by atomic mass is 32.1. The predicted octanol–water partition coefficient (Wildman–Crippen LogP) is 7.44. The summed E-state index contributed by atoms with van der Waals surface area (Å²) < 4.78 is 6.26. The van der Waals surface area contributed by atoms with E-state index in [1.54, 1.807) is 35.1 Å². The van der Waals surface area contributed by atoms with Gasteiger partial charge in [0.05, 0.1) is 28.6 Å². The van der Waals surface area contributed by atoms with Gasteiger partial charge in [0, 0.05) is 24.1 Å². The second-order valence-electron chi connectivity index (χ2n) is 12.5. The van der Waals surface area contributed by atoms with Crippen molar-refractivity contribution in [1.82, 2.24) is 15.2 Å². The molecule has 0 saturated heterocycles. The molecule has 7 rings (SSSR count). The number of nitriles is 1. The third kappa shape index (κ3) is 5.62. The molecule has 2 N–H and O–H groups in total. The average molecular weight is 637 g/mol. The Morgan fingerprint density at radius 1 is 1.11 bits per heavy atom. The first kappa shape index (κ1) is 30.0. The Kier molecular flexibility index (Phi) is 7.99. The highest BCUT2D eigenvalue weighted by Gasteiger charge is 2.34. The zero-order valence-electron chi connectivity index (χ0n) is 26.0. The van der Waals surface area contributed by atoms with Crippen LogP contribution in [0.1, 0.15) is 79.9 Å². The molecule has 0 spiro atoms. The van der Waals surface area contributed by atoms with Gasteiger partial charge in [0.25, 0.3) is 11.8 Å². The van der Waals surface area contributed by atoms with Crippen LogP contribution in [0.25, 0.3) is 10.2 Å². The van der Waals surface area contributed by atoms with E-state index in [2.05, 4.69) is 21.7 Å². The maximum Gasteiger partial charge on any atom is 0.331 e. The summed E-state index contributed by atoms with van der Waals surface area (Å²) in [5.74, 6) is 0.386. The van der Waals surface area contributed by atoms with Crippen molar-refractivity contribution >= 4 is 56.5 Å². The molecule has 2 aromatic heterocycles. The van der Waals surface area contributed by atoms with Crippen LogP contribution >= 0.6 is 11.3 Å². The molecule has 10 nitrogen and oxygen atoms in total. The van der Waals surface area contributed by atoms with Crippen LogP contribution in [-0.2, 0) is 4.79 Å². The zero-order chi connectivity index (χ0) is 31.9. The highest BCUT2D eigenvalue weighted by Crippen LogP contribution is 2.46. The van der Waals surface area contributed by atoms with Gasteiger partial charge in [-0.15, -0.1) is 11.3 Å². The van der Waals surface area contributed by atoms with Crippen molar-refractivity contribution in [2.75, 3.05) is 16.8 Å². The second-order valence-corrected chi connectivity index (χ2v) is 13.5. The fraction of sp³-hybridized carbons (Fsp3) is 0.400. The average Bonchev–Trinajstić information content (AvgIpc) is 3.81. The number of ether oxygens (including phenoxy) is 1. The largest absolute Gasteiger partial charge is 0.490 e. The molecule has 2 fully saturated rings. The van der Waals surface area contributed by atoms with E-state index < -0.39 is 0 Å². The Morgan fingerprint density at radius 2 is 1.91 bits per heavy atom. The van der Waals surface area contributed by atoms with Gasteiger partial charge in [-0.2, -0.15) is 5.26 Å². The summed E-state index contributed by atoms with van der Waals surface area (Å²) in [7, 11) is 0. The smallest absolute Gasteiger partial charge is 0.331 e. The van der Waals surface area contributed by atoms with E-state index >= 15 is 0 Å². The lowest BCUT2D eigenvalue weighted by atomic mass is 9.98. The number of carbonyl (C=O) groups is 3. The summed E-state index contributed by atoms with van der Waals surface area (Å²) in [5, 5.41) is 16.3. The number of pyridine rings is 1. The number of rotatable bonds is 7. The highest BCUT2D eigenvalue weighted by molar-refractivity contribution is 7.21. The number of aromatic nitrogens is 1. The molecule has 2 aliphatic carbocycles. The van der Waals surface area contributed by atoms with Crippen LogP contribution in [0.3, 0.4) is 0 Å². The number of anilines is 3. The van der Waals surface area contributed by atoms with Crippen molar-refractivity contribution < 1.29 is 19.1 Å². The van der Waals surface area contributed by atoms with E-state index in [0.29, 0.717) is 63.2 Å². The van der Waals surface area contributed by atoms with Gasteiger partial charge in [-0.1, -0.05) is 12.5 Å². The number of allylic oxidation sites excluding steroid dienone is 3. The summed E-state index contributed by atoms with van der Waals surface area (Å²) in [5.41, 5.74) is 4.10. The number of urea groups is 1. The quantitative estimate of drug-likeness (QED) is 0.205. The number of nitrogens with zero attached hydrogens (tertiary/aromatic N) is 4. The van der Waals surface area contributed by atoms with Gasteiger partial charge in [0.1, 0.15) is 27.1 Å². The van der Waals surface area contributed by atoms with Crippen LogP contribution in [0.4, 0.5) is 21.9 Å². The van der Waals surface area contributed by atoms with Gasteiger partial charge in [-0.25, -0.2) is 9.78 Å². The predicted molar refractivity (Wildman–Crippen MR) is 177 cm³/mol. The molecule has 4 aliphatic rings. The molecular weight excluding hydrogens is 600 g/mol. The molecule has 0 unspecified atom stereocenters. The number of amides is 4. The Hall–Kier alpha value is -4.69. The third-order valence-corrected chi connectivity index (χ3v) is 10.3. The van der Waals surface area contributed by atoms with Crippen molar-refractivity contribution in [2.24, 2.45) is 5.92 Å². The lowest BCUT2D eigenvalue weighted by Gasteiger charge is -2.31. The number of hydrogen-bond donors (Lipinski definition) is 2. The van der Waals surface area contributed by atoms with E-state index in [9.17, 15) is 19.6 Å². The minimum absolute atomic E-state index is 0.149. The monoisotopic (exact) mass is 636 g/mol. The number of aryl methyl sites for hydroxylation is 1. The standard InChI is InChI=1S/C35H36N6O4S/c1-20-17-25(45-24-7-4-3-5-8-24)12-13-27(20)41-28-14-15-37-33-29(28)30(39-35(41)44)31(46-33)32(42)38-26-9-6-16-40(21(26)2)34(43)23(19-36)18-22-10-11-22/h12-15,17-18,22,24H,3-11,16H2,1-2H3,(H,38,42)(H,39,44)/b23-18+. The molecule has 11 heteroatoms. The fourth-order valence-corrected chi connectivity index (χ4v) is 7.65. The number of thiophene rings is 1. The molecule has 46 heavy (non-hydrogen) atoms. The Morgan fingerprint density at radius 3 is 2.65 bits per heavy atom. The summed E-state index contributed by atoms with van der Waals surface area (Å²) in [4.78, 5) is 49.4. The van der Waals surface area contributed by atoms with Gasteiger partial charge < -0.3 is 20.3 Å². The molecule has 0 atom stereocenters. The van der Waals surface area contributed by atoms with Crippen molar-refractivity contribution in [3.8, 4) is 11.8 Å². The lowest BCUT2D eigenvalue weighted by Crippen LogP contribution is -2.38. The molecule has 4 heterocycles. The van der Waals surface area contributed by atoms with Crippen molar-refractivity contribution in [3.05, 3.63) is 63.9 Å². The maximum atomic E-state index is 13.8. The van der Waals surface area contributed by atoms with E-state index in [0.717, 1.165) is 42.7 Å². The van der Waals surface area contributed by atoms with Crippen LogP contribution in [0.15, 0.2) is 53.5 Å². The van der Waals surface area contributed by atoms with Gasteiger partial charge >= 0.3 is 6.03 Å². The second kappa shape index (κ2) is 12.2. The molecule has 1 aromatic carbocycles. The summed E-state index contributed by atoms with van der Waals surface area (Å²) in [6.07, 6.45) is 12.6. The van der Waals surface area contributed by atoms with E-state index in [4.69, 9.17) is 4.74 Å².